The highest BCUT2D eigenvalue weighted by atomic mass is 19.4. The molecule has 1 atom stereocenters. The van der Waals surface area contributed by atoms with E-state index < -0.39 is 48.5 Å². The normalized spacial score (nSPS) is 21.9. The smallest absolute Gasteiger partial charge is 0.403 e. The zero-order chi connectivity index (χ0) is 15.0. The summed E-state index contributed by atoms with van der Waals surface area (Å²) in [5, 5.41) is 10.6. The quantitative estimate of drug-likeness (QED) is 0.711. The number of rotatable bonds is 3. The zero-order valence-electron chi connectivity index (χ0n) is 10.2. The van der Waals surface area contributed by atoms with Gasteiger partial charge in [0.05, 0.1) is 12.1 Å². The minimum Gasteiger partial charge on any atom is -0.481 e. The lowest BCUT2D eigenvalue weighted by molar-refractivity contribution is -0.200. The van der Waals surface area contributed by atoms with E-state index in [1.807, 2.05) is 5.32 Å². The summed E-state index contributed by atoms with van der Waals surface area (Å²) in [5.41, 5.74) is -1.38. The van der Waals surface area contributed by atoms with E-state index in [-0.39, 0.29) is 0 Å². The monoisotopic (exact) mass is 282 g/mol. The van der Waals surface area contributed by atoms with Gasteiger partial charge in [-0.2, -0.15) is 13.2 Å². The third kappa shape index (κ3) is 3.22. The topological polar surface area (TPSA) is 86.7 Å². The predicted octanol–water partition coefficient (Wildman–Crippen LogP) is -0.0135. The van der Waals surface area contributed by atoms with Crippen molar-refractivity contribution >= 4 is 17.8 Å². The second-order valence-corrected chi connectivity index (χ2v) is 4.75. The molecule has 0 aromatic heterocycles. The van der Waals surface area contributed by atoms with E-state index >= 15 is 0 Å². The van der Waals surface area contributed by atoms with Crippen LogP contribution in [0.4, 0.5) is 13.2 Å². The van der Waals surface area contributed by atoms with E-state index in [2.05, 4.69) is 0 Å². The van der Waals surface area contributed by atoms with Crippen molar-refractivity contribution in [3.05, 3.63) is 0 Å². The molecule has 0 aliphatic carbocycles. The lowest BCUT2D eigenvalue weighted by Crippen LogP contribution is -2.65. The highest BCUT2D eigenvalue weighted by Gasteiger charge is 2.50. The van der Waals surface area contributed by atoms with Crippen LogP contribution < -0.4 is 5.32 Å². The standard InChI is InChI=1S/C10H13F3N2O4/c1-9(2)8(19)14-6(16)4-15(9)3-5(7(17)18)10(11,12)13/h5H,3-4H2,1-2H3,(H,17,18)(H,14,16,19). The number of imide groups is 1. The molecule has 1 saturated heterocycles. The molecule has 0 saturated carbocycles. The molecule has 9 heteroatoms. The van der Waals surface area contributed by atoms with E-state index in [9.17, 15) is 27.6 Å². The van der Waals surface area contributed by atoms with Crippen molar-refractivity contribution < 1.29 is 32.7 Å². The van der Waals surface area contributed by atoms with Crippen molar-refractivity contribution in [1.29, 1.82) is 0 Å². The number of amides is 2. The average molecular weight is 282 g/mol. The summed E-state index contributed by atoms with van der Waals surface area (Å²) in [7, 11) is 0. The van der Waals surface area contributed by atoms with Gasteiger partial charge in [-0.1, -0.05) is 0 Å². The van der Waals surface area contributed by atoms with Gasteiger partial charge < -0.3 is 5.11 Å². The van der Waals surface area contributed by atoms with Gasteiger partial charge in [0, 0.05) is 6.54 Å². The fraction of sp³-hybridized carbons (Fsp3) is 0.700. The molecule has 2 N–H and O–H groups in total. The van der Waals surface area contributed by atoms with Crippen molar-refractivity contribution in [1.82, 2.24) is 10.2 Å². The van der Waals surface area contributed by atoms with E-state index in [0.717, 1.165) is 4.90 Å². The van der Waals surface area contributed by atoms with Gasteiger partial charge in [0.15, 0.2) is 5.92 Å². The van der Waals surface area contributed by atoms with Crippen LogP contribution in [0.5, 0.6) is 0 Å². The first kappa shape index (κ1) is 15.4. The van der Waals surface area contributed by atoms with Crippen LogP contribution in [0, 0.1) is 5.92 Å². The Balaban J connectivity index is 2.97. The molecule has 1 aliphatic heterocycles. The summed E-state index contributed by atoms with van der Waals surface area (Å²) in [5.74, 6) is -6.20. The summed E-state index contributed by atoms with van der Waals surface area (Å²) >= 11 is 0. The van der Waals surface area contributed by atoms with Gasteiger partial charge in [0.1, 0.15) is 0 Å². The summed E-state index contributed by atoms with van der Waals surface area (Å²) < 4.78 is 37.7. The number of nitrogens with zero attached hydrogens (tertiary/aromatic N) is 1. The van der Waals surface area contributed by atoms with Gasteiger partial charge in [-0.3, -0.25) is 24.6 Å². The second-order valence-electron chi connectivity index (χ2n) is 4.75. The number of carbonyl (C=O) groups excluding carboxylic acids is 2. The molecule has 1 heterocycles. The molecule has 0 aromatic rings. The van der Waals surface area contributed by atoms with E-state index in [4.69, 9.17) is 5.11 Å². The number of piperazine rings is 1. The highest BCUT2D eigenvalue weighted by Crippen LogP contribution is 2.30. The summed E-state index contributed by atoms with van der Waals surface area (Å²) in [4.78, 5) is 34.3. The van der Waals surface area contributed by atoms with Crippen LogP contribution in [0.2, 0.25) is 0 Å². The lowest BCUT2D eigenvalue weighted by atomic mass is 9.96. The van der Waals surface area contributed by atoms with Crippen LogP contribution in [0.1, 0.15) is 13.8 Å². The van der Waals surface area contributed by atoms with Gasteiger partial charge in [0.2, 0.25) is 11.8 Å². The molecule has 0 bridgehead atoms. The third-order valence-corrected chi connectivity index (χ3v) is 3.03. The Hall–Kier alpha value is -1.64. The molecule has 0 spiro atoms. The number of aliphatic carboxylic acids is 1. The van der Waals surface area contributed by atoms with Crippen molar-refractivity contribution in [2.24, 2.45) is 5.92 Å². The van der Waals surface area contributed by atoms with Crippen LogP contribution in [0.25, 0.3) is 0 Å². The largest absolute Gasteiger partial charge is 0.481 e. The maximum atomic E-state index is 12.6. The van der Waals surface area contributed by atoms with Gasteiger partial charge in [-0.05, 0) is 13.8 Å². The first-order valence-corrected chi connectivity index (χ1v) is 5.35. The molecule has 1 fully saturated rings. The predicted molar refractivity (Wildman–Crippen MR) is 56.0 cm³/mol. The minimum atomic E-state index is -4.95. The van der Waals surface area contributed by atoms with E-state index in [0.29, 0.717) is 0 Å². The Labute approximate surface area is 106 Å². The zero-order valence-corrected chi connectivity index (χ0v) is 10.2. The first-order chi connectivity index (χ1) is 8.46. The number of carbonyl (C=O) groups is 3. The molecule has 2 amide bonds. The number of alkyl halides is 3. The Bertz CT molecular complexity index is 419. The summed E-state index contributed by atoms with van der Waals surface area (Å²) in [6.45, 7) is 1.23. The minimum absolute atomic E-state index is 0.460. The highest BCUT2D eigenvalue weighted by molar-refractivity contribution is 6.03. The molecule has 1 aliphatic rings. The van der Waals surface area contributed by atoms with Crippen LogP contribution in [0.3, 0.4) is 0 Å². The molecule has 6 nitrogen and oxygen atoms in total. The van der Waals surface area contributed by atoms with E-state index in [1.165, 1.54) is 13.8 Å². The van der Waals surface area contributed by atoms with Crippen molar-refractivity contribution in [2.45, 2.75) is 25.6 Å². The SMILES string of the molecule is CC1(C)C(=O)NC(=O)CN1CC(C(=O)O)C(F)(F)F. The molecular formula is C10H13F3N2O4. The first-order valence-electron chi connectivity index (χ1n) is 5.35. The Morgan fingerprint density at radius 1 is 1.47 bits per heavy atom. The molecule has 0 radical (unpaired) electrons. The second kappa shape index (κ2) is 4.80. The number of nitrogens with one attached hydrogen (secondary N) is 1. The lowest BCUT2D eigenvalue weighted by Gasteiger charge is -2.41. The van der Waals surface area contributed by atoms with Crippen LogP contribution >= 0.6 is 0 Å². The summed E-state index contributed by atoms with van der Waals surface area (Å²) in [6, 6.07) is 0. The molecular weight excluding hydrogens is 269 g/mol. The van der Waals surface area contributed by atoms with Crippen LogP contribution in [-0.4, -0.2) is 52.6 Å². The van der Waals surface area contributed by atoms with Gasteiger partial charge in [0.25, 0.3) is 0 Å². The van der Waals surface area contributed by atoms with Crippen molar-refractivity contribution in [3.63, 3.8) is 0 Å². The maximum absolute atomic E-state index is 12.6. The number of halogens is 3. The van der Waals surface area contributed by atoms with Crippen molar-refractivity contribution in [2.75, 3.05) is 13.1 Å². The third-order valence-electron chi connectivity index (χ3n) is 3.03. The number of hydrogen-bond donors (Lipinski definition) is 2. The fourth-order valence-electron chi connectivity index (χ4n) is 1.67. The Morgan fingerprint density at radius 2 is 2.00 bits per heavy atom. The average Bonchev–Trinajstić information content (AvgIpc) is 2.19. The Kier molecular flexibility index (Phi) is 3.89. The number of carboxylic acid groups (broad SMARTS) is 1. The van der Waals surface area contributed by atoms with Crippen LogP contribution in [-0.2, 0) is 14.4 Å². The molecule has 0 aromatic carbocycles. The van der Waals surface area contributed by atoms with Gasteiger partial charge in [-0.15, -0.1) is 0 Å². The molecule has 1 rings (SSSR count). The molecule has 19 heavy (non-hydrogen) atoms. The molecule has 1 unspecified atom stereocenters. The summed E-state index contributed by atoms with van der Waals surface area (Å²) in [6.07, 6.45) is -4.95. The number of hydrogen-bond acceptors (Lipinski definition) is 4. The maximum Gasteiger partial charge on any atom is 0.403 e. The number of carboxylic acids is 1. The Morgan fingerprint density at radius 3 is 2.42 bits per heavy atom. The fourth-order valence-corrected chi connectivity index (χ4v) is 1.67. The van der Waals surface area contributed by atoms with E-state index in [1.54, 1.807) is 0 Å². The van der Waals surface area contributed by atoms with Crippen LogP contribution in [0.15, 0.2) is 0 Å². The molecule has 108 valence electrons. The van der Waals surface area contributed by atoms with Crippen molar-refractivity contribution in [3.8, 4) is 0 Å². The van der Waals surface area contributed by atoms with Gasteiger partial charge in [-0.25, -0.2) is 0 Å². The van der Waals surface area contributed by atoms with Gasteiger partial charge >= 0.3 is 12.1 Å².